The molecule has 4 nitrogen and oxygen atoms in total. The highest BCUT2D eigenvalue weighted by Crippen LogP contribution is 2.27. The van der Waals surface area contributed by atoms with E-state index in [0.29, 0.717) is 24.0 Å². The highest BCUT2D eigenvalue weighted by molar-refractivity contribution is 5.79. The van der Waals surface area contributed by atoms with Crippen molar-refractivity contribution in [1.82, 2.24) is 5.32 Å². The van der Waals surface area contributed by atoms with E-state index in [-0.39, 0.29) is 17.7 Å². The summed E-state index contributed by atoms with van der Waals surface area (Å²) in [6.45, 7) is 4.47. The number of benzene rings is 1. The van der Waals surface area contributed by atoms with Crippen molar-refractivity contribution in [3.8, 4) is 11.5 Å². The van der Waals surface area contributed by atoms with Gasteiger partial charge in [0.15, 0.2) is 11.5 Å². The average Bonchev–Trinajstić information content (AvgIpc) is 2.58. The molecule has 1 aliphatic carbocycles. The summed E-state index contributed by atoms with van der Waals surface area (Å²) in [5.74, 6) is 1.90. The molecule has 4 heteroatoms. The highest BCUT2D eigenvalue weighted by Gasteiger charge is 2.21. The van der Waals surface area contributed by atoms with Gasteiger partial charge >= 0.3 is 0 Å². The van der Waals surface area contributed by atoms with E-state index in [1.807, 2.05) is 0 Å². The molecule has 0 spiro atoms. The minimum absolute atomic E-state index is 0.0338. The van der Waals surface area contributed by atoms with E-state index in [0.717, 1.165) is 37.7 Å². The molecule has 2 rings (SSSR count). The van der Waals surface area contributed by atoms with Crippen molar-refractivity contribution in [2.24, 2.45) is 11.8 Å². The van der Waals surface area contributed by atoms with Crippen molar-refractivity contribution in [2.45, 2.75) is 58.4 Å². The first kappa shape index (κ1) is 19.4. The van der Waals surface area contributed by atoms with E-state index in [1.165, 1.54) is 7.11 Å². The quantitative estimate of drug-likeness (QED) is 0.728. The molecular formula is C21H31NO3. The zero-order valence-corrected chi connectivity index (χ0v) is 15.6. The lowest BCUT2D eigenvalue weighted by Crippen LogP contribution is -2.38. The molecule has 2 N–H and O–H groups in total. The van der Waals surface area contributed by atoms with Gasteiger partial charge in [-0.25, -0.2) is 0 Å². The molecule has 1 aromatic rings. The first-order valence-corrected chi connectivity index (χ1v) is 9.29. The first-order chi connectivity index (χ1) is 12.0. The minimum Gasteiger partial charge on any atom is -0.504 e. The van der Waals surface area contributed by atoms with Crippen LogP contribution in [0.25, 0.3) is 0 Å². The molecule has 0 saturated heterocycles. The number of aromatic hydroxyl groups is 1. The van der Waals surface area contributed by atoms with Crippen LogP contribution in [0.3, 0.4) is 0 Å². The van der Waals surface area contributed by atoms with E-state index in [2.05, 4.69) is 31.3 Å². The maximum absolute atomic E-state index is 12.3. The van der Waals surface area contributed by atoms with Gasteiger partial charge in [0.1, 0.15) is 0 Å². The third-order valence-electron chi connectivity index (χ3n) is 4.76. The van der Waals surface area contributed by atoms with E-state index < -0.39 is 0 Å². The molecule has 1 amide bonds. The summed E-state index contributed by atoms with van der Waals surface area (Å²) in [4.78, 5) is 12.3. The van der Waals surface area contributed by atoms with Gasteiger partial charge in [-0.2, -0.15) is 0 Å². The normalized spacial score (nSPS) is 20.8. The fraction of sp³-hybridized carbons (Fsp3) is 0.571. The predicted octanol–water partition coefficient (Wildman–Crippen LogP) is 4.22. The number of hydrogen-bond donors (Lipinski definition) is 2. The van der Waals surface area contributed by atoms with Gasteiger partial charge in [0, 0.05) is 6.04 Å². The lowest BCUT2D eigenvalue weighted by atomic mass is 9.85. The number of carbonyl (C=O) groups is 1. The third-order valence-corrected chi connectivity index (χ3v) is 4.76. The number of hydrogen-bond acceptors (Lipinski definition) is 3. The number of nitrogens with one attached hydrogen (secondary N) is 1. The zero-order valence-electron chi connectivity index (χ0n) is 15.6. The van der Waals surface area contributed by atoms with Crippen LogP contribution < -0.4 is 10.1 Å². The summed E-state index contributed by atoms with van der Waals surface area (Å²) in [5.41, 5.74) is 0.845. The fourth-order valence-corrected chi connectivity index (χ4v) is 3.30. The Morgan fingerprint density at radius 3 is 2.68 bits per heavy atom. The Morgan fingerprint density at radius 2 is 2.04 bits per heavy atom. The van der Waals surface area contributed by atoms with Crippen molar-refractivity contribution in [1.29, 1.82) is 0 Å². The lowest BCUT2D eigenvalue weighted by molar-refractivity contribution is -0.121. The van der Waals surface area contributed by atoms with Crippen LogP contribution in [0, 0.1) is 11.8 Å². The van der Waals surface area contributed by atoms with Gasteiger partial charge < -0.3 is 15.2 Å². The SMILES string of the molecule is COc1cc(CC(=O)N[C@H]2CC[C@H](/C=C/CC(C)C)CC2)ccc1O. The number of phenolic OH excluding ortho intramolecular Hbond substituents is 1. The van der Waals surface area contributed by atoms with Gasteiger partial charge in [-0.05, 0) is 61.6 Å². The van der Waals surface area contributed by atoms with E-state index in [4.69, 9.17) is 4.74 Å². The Labute approximate surface area is 151 Å². The monoisotopic (exact) mass is 345 g/mol. The number of ether oxygens (including phenoxy) is 1. The van der Waals surface area contributed by atoms with Gasteiger partial charge in [-0.15, -0.1) is 0 Å². The summed E-state index contributed by atoms with van der Waals surface area (Å²) in [6.07, 6.45) is 10.5. The number of methoxy groups -OCH3 is 1. The van der Waals surface area contributed by atoms with Gasteiger partial charge in [-0.1, -0.05) is 32.1 Å². The molecule has 138 valence electrons. The van der Waals surface area contributed by atoms with Crippen LogP contribution >= 0.6 is 0 Å². The molecule has 1 aliphatic rings. The summed E-state index contributed by atoms with van der Waals surface area (Å²) < 4.78 is 5.09. The second-order valence-electron chi connectivity index (χ2n) is 7.42. The second kappa shape index (κ2) is 9.50. The van der Waals surface area contributed by atoms with E-state index in [9.17, 15) is 9.90 Å². The summed E-state index contributed by atoms with van der Waals surface area (Å²) in [5, 5.41) is 12.8. The molecule has 1 saturated carbocycles. The zero-order chi connectivity index (χ0) is 18.2. The molecule has 0 aliphatic heterocycles. The fourth-order valence-electron chi connectivity index (χ4n) is 3.30. The Hall–Kier alpha value is -1.97. The lowest BCUT2D eigenvalue weighted by Gasteiger charge is -2.27. The number of amides is 1. The van der Waals surface area contributed by atoms with Gasteiger partial charge in [0.25, 0.3) is 0 Å². The topological polar surface area (TPSA) is 58.6 Å². The molecule has 0 atom stereocenters. The van der Waals surface area contributed by atoms with Gasteiger partial charge in [0.2, 0.25) is 5.91 Å². The molecule has 1 aromatic carbocycles. The molecule has 25 heavy (non-hydrogen) atoms. The first-order valence-electron chi connectivity index (χ1n) is 9.29. The van der Waals surface area contributed by atoms with Gasteiger partial charge in [-0.3, -0.25) is 4.79 Å². The largest absolute Gasteiger partial charge is 0.504 e. The number of rotatable bonds is 7. The molecule has 1 fully saturated rings. The molecule has 0 radical (unpaired) electrons. The number of carbonyl (C=O) groups excluding carboxylic acids is 1. The van der Waals surface area contributed by atoms with E-state index >= 15 is 0 Å². The summed E-state index contributed by atoms with van der Waals surface area (Å²) >= 11 is 0. The van der Waals surface area contributed by atoms with Crippen molar-refractivity contribution < 1.29 is 14.6 Å². The van der Waals surface area contributed by atoms with Crippen molar-refractivity contribution >= 4 is 5.91 Å². The van der Waals surface area contributed by atoms with Crippen LogP contribution in [0.1, 0.15) is 51.5 Å². The van der Waals surface area contributed by atoms with Crippen LogP contribution in [0.4, 0.5) is 0 Å². The van der Waals surface area contributed by atoms with Crippen LogP contribution in [-0.4, -0.2) is 24.2 Å². The maximum Gasteiger partial charge on any atom is 0.224 e. The Morgan fingerprint density at radius 1 is 1.32 bits per heavy atom. The third kappa shape index (κ3) is 6.45. The highest BCUT2D eigenvalue weighted by atomic mass is 16.5. The standard InChI is InChI=1S/C21H31NO3/c1-15(2)5-4-6-16-7-10-18(11-8-16)22-21(24)14-17-9-12-19(23)20(13-17)25-3/h4,6,9,12-13,15-16,18,23H,5,7-8,10-11,14H2,1-3H3,(H,22,24)/b6-4+/t16-,18-. The van der Waals surface area contributed by atoms with Crippen molar-refractivity contribution in [3.63, 3.8) is 0 Å². The molecule has 0 heterocycles. The summed E-state index contributed by atoms with van der Waals surface area (Å²) in [7, 11) is 1.51. The number of phenols is 1. The Bertz CT molecular complexity index is 587. The second-order valence-corrected chi connectivity index (χ2v) is 7.42. The Kier molecular flexibility index (Phi) is 7.35. The van der Waals surface area contributed by atoms with Crippen LogP contribution in [0.2, 0.25) is 0 Å². The van der Waals surface area contributed by atoms with Crippen LogP contribution in [-0.2, 0) is 11.2 Å². The molecule has 0 aromatic heterocycles. The van der Waals surface area contributed by atoms with Crippen LogP contribution in [0.15, 0.2) is 30.4 Å². The van der Waals surface area contributed by atoms with Gasteiger partial charge in [0.05, 0.1) is 13.5 Å². The maximum atomic E-state index is 12.3. The summed E-state index contributed by atoms with van der Waals surface area (Å²) in [6, 6.07) is 5.32. The number of allylic oxidation sites excluding steroid dienone is 2. The van der Waals surface area contributed by atoms with Crippen LogP contribution in [0.5, 0.6) is 11.5 Å². The van der Waals surface area contributed by atoms with E-state index in [1.54, 1.807) is 18.2 Å². The Balaban J connectivity index is 1.76. The molecule has 0 bridgehead atoms. The van der Waals surface area contributed by atoms with Crippen molar-refractivity contribution in [3.05, 3.63) is 35.9 Å². The smallest absolute Gasteiger partial charge is 0.224 e. The molecule has 0 unspecified atom stereocenters. The predicted molar refractivity (Wildman–Crippen MR) is 101 cm³/mol. The average molecular weight is 345 g/mol. The minimum atomic E-state index is 0.0338. The van der Waals surface area contributed by atoms with Crippen molar-refractivity contribution in [2.75, 3.05) is 7.11 Å². The molecular weight excluding hydrogens is 314 g/mol.